The fourth-order valence-electron chi connectivity index (χ4n) is 6.59. The summed E-state index contributed by atoms with van der Waals surface area (Å²) >= 11 is 0. The third-order valence-electron chi connectivity index (χ3n) is 9.31. The number of carbonyl (C=O) groups excluding carboxylic acids is 1. The molecule has 0 spiro atoms. The summed E-state index contributed by atoms with van der Waals surface area (Å²) in [5, 5.41) is 14.6. The number of nitrogens with zero attached hydrogens (tertiary/aromatic N) is 5. The summed E-state index contributed by atoms with van der Waals surface area (Å²) in [6.45, 7) is 0.757. The van der Waals surface area contributed by atoms with Crippen LogP contribution in [0.5, 0.6) is 0 Å². The molecule has 1 N–H and O–H groups in total. The summed E-state index contributed by atoms with van der Waals surface area (Å²) in [5.41, 5.74) is 4.53. The van der Waals surface area contributed by atoms with E-state index in [1.807, 2.05) is 31.4 Å². The molecule has 0 aliphatic heterocycles. The standard InChI is InChI=1S/C33H43N5O2/c1-36(2)32-17-12-27(19-34-32)24-8-6-23(7-9-24)21-37(33(40)25-10-15-31(39)16-11-25)30-5-3-4-26(18-30)28-20-35-38(22-28)29-13-14-29/h3-5,12,17-20,22-25,29,31,39H,6-11,13-16,21H2,1-2H3. The highest BCUT2D eigenvalue weighted by molar-refractivity contribution is 5.95. The monoisotopic (exact) mass is 541 g/mol. The van der Waals surface area contributed by atoms with Gasteiger partial charge in [-0.2, -0.15) is 5.10 Å². The Balaban J connectivity index is 1.18. The highest BCUT2D eigenvalue weighted by Gasteiger charge is 2.32. The molecule has 7 nitrogen and oxygen atoms in total. The molecule has 3 fully saturated rings. The Morgan fingerprint density at radius 2 is 1.70 bits per heavy atom. The first kappa shape index (κ1) is 27.0. The number of amides is 1. The lowest BCUT2D eigenvalue weighted by Crippen LogP contribution is -2.41. The SMILES string of the molecule is CN(C)c1ccc(C2CCC(CN(C(=O)C3CCC(O)CC3)c3cccc(-c4cnn(C5CC5)c4)c3)CC2)cn1. The van der Waals surface area contributed by atoms with Crippen LogP contribution in [0, 0.1) is 11.8 Å². The molecule has 7 heteroatoms. The molecule has 212 valence electrons. The molecule has 3 aromatic rings. The van der Waals surface area contributed by atoms with Gasteiger partial charge in [-0.15, -0.1) is 0 Å². The number of anilines is 2. The van der Waals surface area contributed by atoms with Gasteiger partial charge in [0.15, 0.2) is 0 Å². The summed E-state index contributed by atoms with van der Waals surface area (Å²) in [6, 6.07) is 13.4. The van der Waals surface area contributed by atoms with Crippen LogP contribution in [-0.2, 0) is 4.79 Å². The fraction of sp³-hybridized carbons (Fsp3) is 0.545. The van der Waals surface area contributed by atoms with Crippen molar-refractivity contribution < 1.29 is 9.90 Å². The van der Waals surface area contributed by atoms with Gasteiger partial charge in [-0.1, -0.05) is 18.2 Å². The molecule has 0 radical (unpaired) electrons. The number of hydrogen-bond acceptors (Lipinski definition) is 5. The third-order valence-corrected chi connectivity index (χ3v) is 9.31. The lowest BCUT2D eigenvalue weighted by Gasteiger charge is -2.36. The molecule has 6 rings (SSSR count). The highest BCUT2D eigenvalue weighted by Crippen LogP contribution is 2.39. The van der Waals surface area contributed by atoms with E-state index >= 15 is 0 Å². The molecule has 0 saturated heterocycles. The number of carbonyl (C=O) groups is 1. The van der Waals surface area contributed by atoms with Gasteiger partial charge in [-0.25, -0.2) is 4.98 Å². The number of aliphatic hydroxyl groups is 1. The molecular weight excluding hydrogens is 498 g/mol. The minimum absolute atomic E-state index is 0.0118. The Labute approximate surface area is 238 Å². The number of pyridine rings is 1. The summed E-state index contributed by atoms with van der Waals surface area (Å²) < 4.78 is 2.08. The van der Waals surface area contributed by atoms with Crippen LogP contribution >= 0.6 is 0 Å². The van der Waals surface area contributed by atoms with Crippen molar-refractivity contribution in [2.24, 2.45) is 11.8 Å². The molecule has 2 aromatic heterocycles. The van der Waals surface area contributed by atoms with Gasteiger partial charge >= 0.3 is 0 Å². The lowest BCUT2D eigenvalue weighted by atomic mass is 9.78. The van der Waals surface area contributed by atoms with Crippen LogP contribution in [0.4, 0.5) is 11.5 Å². The van der Waals surface area contributed by atoms with Crippen LogP contribution in [0.2, 0.25) is 0 Å². The normalized spacial score (nSPS) is 25.0. The molecule has 1 amide bonds. The molecule has 3 aliphatic rings. The number of aliphatic hydroxyl groups excluding tert-OH is 1. The van der Waals surface area contributed by atoms with Crippen LogP contribution < -0.4 is 9.80 Å². The van der Waals surface area contributed by atoms with Gasteiger partial charge in [0.05, 0.1) is 18.3 Å². The fourth-order valence-corrected chi connectivity index (χ4v) is 6.59. The van der Waals surface area contributed by atoms with E-state index in [2.05, 4.69) is 62.3 Å². The number of aromatic nitrogens is 3. The Hall–Kier alpha value is -3.19. The topological polar surface area (TPSA) is 74.5 Å². The largest absolute Gasteiger partial charge is 0.393 e. The van der Waals surface area contributed by atoms with E-state index in [0.717, 1.165) is 80.5 Å². The van der Waals surface area contributed by atoms with Crippen molar-refractivity contribution >= 4 is 17.4 Å². The summed E-state index contributed by atoms with van der Waals surface area (Å²) in [5.74, 6) is 2.22. The Kier molecular flexibility index (Phi) is 7.92. The van der Waals surface area contributed by atoms with Crippen LogP contribution in [0.1, 0.15) is 81.7 Å². The second-order valence-corrected chi connectivity index (χ2v) is 12.5. The maximum atomic E-state index is 14.0. The van der Waals surface area contributed by atoms with Gasteiger partial charge < -0.3 is 14.9 Å². The quantitative estimate of drug-likeness (QED) is 0.367. The minimum Gasteiger partial charge on any atom is -0.393 e. The first-order valence-electron chi connectivity index (χ1n) is 15.2. The molecule has 3 aliphatic carbocycles. The van der Waals surface area contributed by atoms with Crippen LogP contribution in [0.3, 0.4) is 0 Å². The maximum absolute atomic E-state index is 14.0. The predicted molar refractivity (Wildman–Crippen MR) is 160 cm³/mol. The number of rotatable bonds is 8. The second-order valence-electron chi connectivity index (χ2n) is 12.5. The van der Waals surface area contributed by atoms with Gasteiger partial charge in [-0.3, -0.25) is 9.48 Å². The molecule has 1 aromatic carbocycles. The molecule has 0 unspecified atom stereocenters. The van der Waals surface area contributed by atoms with Gasteiger partial charge in [0.1, 0.15) is 5.82 Å². The maximum Gasteiger partial charge on any atom is 0.230 e. The van der Waals surface area contributed by atoms with E-state index in [0.29, 0.717) is 17.9 Å². The zero-order valence-corrected chi connectivity index (χ0v) is 24.0. The van der Waals surface area contributed by atoms with Crippen molar-refractivity contribution in [2.45, 2.75) is 82.3 Å². The molecule has 2 heterocycles. The van der Waals surface area contributed by atoms with Crippen LogP contribution in [-0.4, -0.2) is 52.5 Å². The first-order chi connectivity index (χ1) is 19.4. The van der Waals surface area contributed by atoms with Gasteiger partial charge in [-0.05, 0) is 105 Å². The van der Waals surface area contributed by atoms with Crippen LogP contribution in [0.15, 0.2) is 55.0 Å². The van der Waals surface area contributed by atoms with E-state index in [-0.39, 0.29) is 17.9 Å². The van der Waals surface area contributed by atoms with Crippen molar-refractivity contribution in [2.75, 3.05) is 30.4 Å². The molecule has 0 bridgehead atoms. The zero-order valence-electron chi connectivity index (χ0n) is 24.0. The van der Waals surface area contributed by atoms with Gasteiger partial charge in [0.2, 0.25) is 5.91 Å². The highest BCUT2D eigenvalue weighted by atomic mass is 16.3. The Morgan fingerprint density at radius 1 is 0.925 bits per heavy atom. The van der Waals surface area contributed by atoms with Gasteiger partial charge in [0.25, 0.3) is 0 Å². The molecule has 40 heavy (non-hydrogen) atoms. The van der Waals surface area contributed by atoms with E-state index in [1.165, 1.54) is 18.4 Å². The predicted octanol–water partition coefficient (Wildman–Crippen LogP) is 6.20. The summed E-state index contributed by atoms with van der Waals surface area (Å²) in [4.78, 5) is 22.8. The Bertz CT molecular complexity index is 1280. The molecule has 3 saturated carbocycles. The zero-order chi connectivity index (χ0) is 27.6. The average Bonchev–Trinajstić information content (AvgIpc) is 3.72. The molecule has 0 atom stereocenters. The Morgan fingerprint density at radius 3 is 2.38 bits per heavy atom. The number of hydrogen-bond donors (Lipinski definition) is 1. The van der Waals surface area contributed by atoms with E-state index in [4.69, 9.17) is 0 Å². The van der Waals surface area contributed by atoms with E-state index < -0.39 is 0 Å². The second kappa shape index (κ2) is 11.7. The van der Waals surface area contributed by atoms with Crippen molar-refractivity contribution in [3.05, 3.63) is 60.6 Å². The van der Waals surface area contributed by atoms with Crippen LogP contribution in [0.25, 0.3) is 11.1 Å². The molecular formula is C33H43N5O2. The minimum atomic E-state index is -0.264. The first-order valence-corrected chi connectivity index (χ1v) is 15.2. The average molecular weight is 542 g/mol. The number of benzene rings is 1. The smallest absolute Gasteiger partial charge is 0.230 e. The van der Waals surface area contributed by atoms with Crippen molar-refractivity contribution in [3.63, 3.8) is 0 Å². The van der Waals surface area contributed by atoms with Gasteiger partial charge in [0, 0.05) is 50.2 Å². The van der Waals surface area contributed by atoms with E-state index in [1.54, 1.807) is 0 Å². The van der Waals surface area contributed by atoms with E-state index in [9.17, 15) is 9.90 Å². The third kappa shape index (κ3) is 6.09. The summed E-state index contributed by atoms with van der Waals surface area (Å²) in [7, 11) is 4.04. The van der Waals surface area contributed by atoms with Crippen molar-refractivity contribution in [3.8, 4) is 11.1 Å². The van der Waals surface area contributed by atoms with Crippen molar-refractivity contribution in [1.29, 1.82) is 0 Å². The van der Waals surface area contributed by atoms with Crippen molar-refractivity contribution in [1.82, 2.24) is 14.8 Å². The summed E-state index contributed by atoms with van der Waals surface area (Å²) in [6.07, 6.45) is 15.8. The lowest BCUT2D eigenvalue weighted by molar-refractivity contribution is -0.124.